The van der Waals surface area contributed by atoms with Crippen molar-refractivity contribution in [3.8, 4) is 17.2 Å². The fourth-order valence-corrected chi connectivity index (χ4v) is 8.07. The molecule has 1 spiro atoms. The Kier molecular flexibility index (Phi) is 6.78. The van der Waals surface area contributed by atoms with E-state index >= 15 is 0 Å². The first kappa shape index (κ1) is 29.7. The summed E-state index contributed by atoms with van der Waals surface area (Å²) in [6.45, 7) is 16.2. The van der Waals surface area contributed by atoms with Gasteiger partial charge in [0.2, 0.25) is 0 Å². The summed E-state index contributed by atoms with van der Waals surface area (Å²) in [6, 6.07) is 0. The van der Waals surface area contributed by atoms with E-state index < -0.39 is 28.3 Å². The normalized spacial score (nSPS) is 32.4. The summed E-state index contributed by atoms with van der Waals surface area (Å²) >= 11 is 0. The number of phenols is 1. The molecule has 3 heterocycles. The van der Waals surface area contributed by atoms with Crippen LogP contribution in [0.25, 0.3) is 6.08 Å². The summed E-state index contributed by atoms with van der Waals surface area (Å²) in [4.78, 5) is 28.8. The Bertz CT molecular complexity index is 1580. The number of ketones is 2. The van der Waals surface area contributed by atoms with Crippen LogP contribution in [0.2, 0.25) is 0 Å². The number of benzene rings is 1. The van der Waals surface area contributed by atoms with Gasteiger partial charge in [0.25, 0.3) is 0 Å². The van der Waals surface area contributed by atoms with Gasteiger partial charge in [0.05, 0.1) is 11.2 Å². The molecule has 6 aliphatic rings. The summed E-state index contributed by atoms with van der Waals surface area (Å²) in [5, 5.41) is 11.7. The molecule has 228 valence electrons. The molecule has 4 bridgehead atoms. The average molecular weight is 585 g/mol. The quantitative estimate of drug-likeness (QED) is 0.330. The van der Waals surface area contributed by atoms with Gasteiger partial charge < -0.3 is 19.3 Å². The van der Waals surface area contributed by atoms with Crippen molar-refractivity contribution < 1.29 is 28.9 Å². The Labute approximate surface area is 255 Å². The van der Waals surface area contributed by atoms with Crippen molar-refractivity contribution in [2.75, 3.05) is 0 Å². The number of phenolic OH excluding ortho intramolecular Hbond substituents is 1. The van der Waals surface area contributed by atoms with Crippen LogP contribution in [0.4, 0.5) is 0 Å². The molecule has 4 unspecified atom stereocenters. The average Bonchev–Trinajstić information content (AvgIpc) is 3.08. The standard InChI is InChI=1S/C37H44O6/c1-9-10-17-36-33(40)23-19-26-30(39)28-29(38)24-15-18-35(8,16-11-12-21(2)3)41-31(24)25(14-13-22(4)5)32(28)42-37(26,36)27(20-23)34(6,7)43-36/h9-10,12-13,15,18-19,23,27,38H,11,14,16-17,20H2,1-8H3/b10-9+/t23?,27?,35-,36?,37?/m1/s1. The smallest absolute Gasteiger partial charge is 0.200 e. The number of hydrogen-bond donors (Lipinski definition) is 1. The SMILES string of the molecule is C/C=C/CC12OC(C)(C)C3CC(C=C4C(=O)c5c(O)c6c(c(CC=C(C)C)c5OC431)O[C@](C)(CCC=C(C)C)C=C6)C2=O. The summed E-state index contributed by atoms with van der Waals surface area (Å²) in [5.74, 6) is -0.296. The summed E-state index contributed by atoms with van der Waals surface area (Å²) in [6.07, 6.45) is 16.7. The van der Waals surface area contributed by atoms with Gasteiger partial charge in [0, 0.05) is 29.4 Å². The Balaban J connectivity index is 1.59. The third kappa shape index (κ3) is 4.08. The zero-order valence-electron chi connectivity index (χ0n) is 26.7. The summed E-state index contributed by atoms with van der Waals surface area (Å²) in [7, 11) is 0. The lowest BCUT2D eigenvalue weighted by molar-refractivity contribution is -0.171. The molecule has 3 aliphatic heterocycles. The lowest BCUT2D eigenvalue weighted by Crippen LogP contribution is -2.72. The van der Waals surface area contributed by atoms with Crippen LogP contribution >= 0.6 is 0 Å². The van der Waals surface area contributed by atoms with Gasteiger partial charge in [-0.15, -0.1) is 0 Å². The molecule has 5 atom stereocenters. The second kappa shape index (κ2) is 9.82. The number of carbonyl (C=O) groups is 2. The highest BCUT2D eigenvalue weighted by atomic mass is 16.6. The van der Waals surface area contributed by atoms with Gasteiger partial charge in [-0.1, -0.05) is 41.5 Å². The minimum absolute atomic E-state index is 0.0357. The van der Waals surface area contributed by atoms with Crippen molar-refractivity contribution in [3.63, 3.8) is 0 Å². The first-order valence-corrected chi connectivity index (χ1v) is 15.6. The van der Waals surface area contributed by atoms with Gasteiger partial charge in [-0.2, -0.15) is 0 Å². The zero-order chi connectivity index (χ0) is 31.1. The molecular weight excluding hydrogens is 540 g/mol. The van der Waals surface area contributed by atoms with Gasteiger partial charge >= 0.3 is 0 Å². The van der Waals surface area contributed by atoms with Crippen molar-refractivity contribution in [1.29, 1.82) is 0 Å². The highest BCUT2D eigenvalue weighted by Gasteiger charge is 2.81. The molecule has 3 aliphatic carbocycles. The Hall–Kier alpha value is -3.38. The zero-order valence-corrected chi connectivity index (χ0v) is 26.7. The Morgan fingerprint density at radius 2 is 1.77 bits per heavy atom. The van der Waals surface area contributed by atoms with E-state index in [1.165, 1.54) is 5.57 Å². The highest BCUT2D eigenvalue weighted by Crippen LogP contribution is 2.68. The summed E-state index contributed by atoms with van der Waals surface area (Å²) in [5.41, 5.74) is 0.177. The van der Waals surface area contributed by atoms with Crippen LogP contribution in [0.3, 0.4) is 0 Å². The molecule has 0 radical (unpaired) electrons. The van der Waals surface area contributed by atoms with E-state index in [0.29, 0.717) is 47.5 Å². The van der Waals surface area contributed by atoms with Gasteiger partial charge in [-0.05, 0) is 93.2 Å². The molecule has 1 saturated heterocycles. The van der Waals surface area contributed by atoms with Gasteiger partial charge in [0.1, 0.15) is 28.4 Å². The molecule has 1 saturated carbocycles. The van der Waals surface area contributed by atoms with E-state index in [4.69, 9.17) is 14.2 Å². The van der Waals surface area contributed by atoms with Crippen LogP contribution in [-0.4, -0.2) is 39.1 Å². The lowest BCUT2D eigenvalue weighted by Gasteiger charge is -2.56. The van der Waals surface area contributed by atoms with E-state index in [1.807, 2.05) is 65.8 Å². The number of aromatic hydroxyl groups is 1. The molecule has 2 fully saturated rings. The van der Waals surface area contributed by atoms with Gasteiger partial charge in [0.15, 0.2) is 22.8 Å². The predicted molar refractivity (Wildman–Crippen MR) is 168 cm³/mol. The van der Waals surface area contributed by atoms with Crippen LogP contribution in [0.5, 0.6) is 17.2 Å². The molecule has 1 aromatic rings. The number of rotatable bonds is 7. The van der Waals surface area contributed by atoms with Crippen molar-refractivity contribution in [2.45, 2.75) is 110 Å². The maximum atomic E-state index is 14.6. The Morgan fingerprint density at radius 3 is 2.44 bits per heavy atom. The Morgan fingerprint density at radius 1 is 1.05 bits per heavy atom. The highest BCUT2D eigenvalue weighted by molar-refractivity contribution is 6.19. The topological polar surface area (TPSA) is 82.1 Å². The molecule has 0 amide bonds. The molecule has 1 aromatic carbocycles. The molecule has 6 nitrogen and oxygen atoms in total. The fourth-order valence-electron chi connectivity index (χ4n) is 8.07. The molecule has 0 aromatic heterocycles. The predicted octanol–water partition coefficient (Wildman–Crippen LogP) is 7.78. The van der Waals surface area contributed by atoms with E-state index in [9.17, 15) is 14.7 Å². The van der Waals surface area contributed by atoms with E-state index in [2.05, 4.69) is 26.0 Å². The number of carbonyl (C=O) groups excluding carboxylic acids is 2. The molecule has 7 rings (SSSR count). The monoisotopic (exact) mass is 584 g/mol. The van der Waals surface area contributed by atoms with E-state index in [1.54, 1.807) is 6.08 Å². The van der Waals surface area contributed by atoms with Crippen LogP contribution in [0.15, 0.2) is 53.2 Å². The maximum Gasteiger partial charge on any atom is 0.200 e. The first-order chi connectivity index (χ1) is 20.2. The third-order valence-electron chi connectivity index (χ3n) is 10.1. The third-order valence-corrected chi connectivity index (χ3v) is 10.1. The second-order valence-electron chi connectivity index (χ2n) is 14.1. The number of hydrogen-bond acceptors (Lipinski definition) is 6. The molecule has 43 heavy (non-hydrogen) atoms. The second-order valence-corrected chi connectivity index (χ2v) is 14.1. The molecule has 6 heteroatoms. The van der Waals surface area contributed by atoms with E-state index in [0.717, 1.165) is 18.4 Å². The van der Waals surface area contributed by atoms with Crippen LogP contribution < -0.4 is 9.47 Å². The van der Waals surface area contributed by atoms with Crippen LogP contribution in [0.1, 0.15) is 103 Å². The minimum Gasteiger partial charge on any atom is -0.506 e. The van der Waals surface area contributed by atoms with Gasteiger partial charge in [-0.25, -0.2) is 0 Å². The summed E-state index contributed by atoms with van der Waals surface area (Å²) < 4.78 is 20.7. The fraction of sp³-hybridized carbons (Fsp3) is 0.514. The van der Waals surface area contributed by atoms with Gasteiger partial charge in [-0.3, -0.25) is 9.59 Å². The lowest BCUT2D eigenvalue weighted by atomic mass is 9.51. The van der Waals surface area contributed by atoms with E-state index in [-0.39, 0.29) is 28.8 Å². The number of Topliss-reactive ketones (excluding diaryl/α,β-unsaturated/α-hetero) is 2. The van der Waals surface area contributed by atoms with Crippen LogP contribution in [0, 0.1) is 11.8 Å². The van der Waals surface area contributed by atoms with Crippen molar-refractivity contribution >= 4 is 17.6 Å². The van der Waals surface area contributed by atoms with Crippen molar-refractivity contribution in [1.82, 2.24) is 0 Å². The first-order valence-electron chi connectivity index (χ1n) is 15.6. The number of ether oxygens (including phenoxy) is 3. The van der Waals surface area contributed by atoms with Crippen molar-refractivity contribution in [3.05, 3.63) is 69.9 Å². The minimum atomic E-state index is -1.34. The number of allylic oxidation sites excluding steroid dienone is 6. The number of fused-ring (bicyclic) bond motifs is 2. The molecule has 1 N–H and O–H groups in total. The van der Waals surface area contributed by atoms with Crippen molar-refractivity contribution in [2.24, 2.45) is 11.8 Å². The maximum absolute atomic E-state index is 14.6. The largest absolute Gasteiger partial charge is 0.506 e. The molecular formula is C37H44O6. The van der Waals surface area contributed by atoms with Crippen LogP contribution in [-0.2, 0) is 16.0 Å².